The highest BCUT2D eigenvalue weighted by Crippen LogP contribution is 2.31. The third-order valence-corrected chi connectivity index (χ3v) is 3.29. The molecular formula is C15H19F4N3O. The summed E-state index contributed by atoms with van der Waals surface area (Å²) >= 11 is 0. The molecule has 0 bridgehead atoms. The van der Waals surface area contributed by atoms with Crippen LogP contribution < -0.4 is 11.6 Å². The molecule has 0 saturated carbocycles. The molecule has 1 amide bonds. The molecule has 128 valence electrons. The molecule has 1 unspecified atom stereocenters. The number of allylic oxidation sites excluding steroid dienone is 1. The van der Waals surface area contributed by atoms with Crippen LogP contribution in [-0.4, -0.2) is 23.1 Å². The molecule has 1 rings (SSSR count). The smallest absolute Gasteiger partial charge is 0.366 e. The van der Waals surface area contributed by atoms with E-state index in [-0.39, 0.29) is 22.9 Å². The minimum absolute atomic E-state index is 0.0809. The van der Waals surface area contributed by atoms with Crippen LogP contribution in [0.4, 0.5) is 17.6 Å². The van der Waals surface area contributed by atoms with Crippen molar-refractivity contribution in [2.24, 2.45) is 17.5 Å². The molecule has 1 aromatic rings. The second-order valence-corrected chi connectivity index (χ2v) is 5.44. The molecule has 4 N–H and O–H groups in total. The summed E-state index contributed by atoms with van der Waals surface area (Å²) < 4.78 is 52.6. The number of alkyl halides is 3. The molecule has 1 atom stereocenters. The van der Waals surface area contributed by atoms with Crippen molar-refractivity contribution in [2.75, 3.05) is 0 Å². The van der Waals surface area contributed by atoms with Gasteiger partial charge >= 0.3 is 6.18 Å². The highest BCUT2D eigenvalue weighted by Gasteiger charge is 2.35. The van der Waals surface area contributed by atoms with Gasteiger partial charge in [0.1, 0.15) is 5.82 Å². The summed E-state index contributed by atoms with van der Waals surface area (Å²) in [5.74, 6) is 2.26. The van der Waals surface area contributed by atoms with Gasteiger partial charge in [0, 0.05) is 17.2 Å². The van der Waals surface area contributed by atoms with Crippen molar-refractivity contribution in [3.8, 4) is 0 Å². The molecule has 4 nitrogen and oxygen atoms in total. The van der Waals surface area contributed by atoms with E-state index < -0.39 is 23.8 Å². The van der Waals surface area contributed by atoms with Gasteiger partial charge < -0.3 is 10.7 Å². The Kier molecular flexibility index (Phi) is 5.76. The van der Waals surface area contributed by atoms with Gasteiger partial charge in [0.2, 0.25) is 5.91 Å². The normalized spacial score (nSPS) is 14.0. The second-order valence-electron chi connectivity index (χ2n) is 5.44. The fourth-order valence-electron chi connectivity index (χ4n) is 1.80. The number of hydrazine groups is 1. The fraction of sp³-hybridized carbons (Fsp3) is 0.400. The molecule has 0 fully saturated rings. The van der Waals surface area contributed by atoms with E-state index in [4.69, 9.17) is 11.6 Å². The van der Waals surface area contributed by atoms with Gasteiger partial charge in [-0.3, -0.25) is 4.79 Å². The molecule has 0 aliphatic rings. The molecule has 8 heteroatoms. The highest BCUT2D eigenvalue weighted by atomic mass is 19.4. The monoisotopic (exact) mass is 333 g/mol. The largest absolute Gasteiger partial charge is 0.394 e. The molecule has 0 aliphatic heterocycles. The lowest BCUT2D eigenvalue weighted by molar-refractivity contribution is -0.156. The minimum Gasteiger partial charge on any atom is -0.366 e. The standard InChI is InChI=1S/C15H19F4N3O/c1-8(2)22(21)13(6-9(3)15(17,18)19)11-5-4-10(14(20)23)7-12(11)16/h4-9H,21H2,1-3H3,(H2,20,23)/b13-6-. The van der Waals surface area contributed by atoms with Crippen molar-refractivity contribution in [3.05, 3.63) is 41.2 Å². The van der Waals surface area contributed by atoms with E-state index in [0.717, 1.165) is 24.1 Å². The van der Waals surface area contributed by atoms with Gasteiger partial charge in [0.25, 0.3) is 0 Å². The van der Waals surface area contributed by atoms with Gasteiger partial charge in [-0.05, 0) is 38.1 Å². The Balaban J connectivity index is 3.42. The zero-order chi connectivity index (χ0) is 17.9. The van der Waals surface area contributed by atoms with Crippen LogP contribution in [0.15, 0.2) is 24.3 Å². The third kappa shape index (κ3) is 4.69. The summed E-state index contributed by atoms with van der Waals surface area (Å²) in [6.45, 7) is 4.26. The predicted molar refractivity (Wildman–Crippen MR) is 79.3 cm³/mol. The molecular weight excluding hydrogens is 314 g/mol. The first-order valence-corrected chi connectivity index (χ1v) is 6.87. The summed E-state index contributed by atoms with van der Waals surface area (Å²) in [7, 11) is 0. The SMILES string of the molecule is CC(C)N(N)/C(=C\C(C)C(F)(F)F)c1ccc(C(N)=O)cc1F. The molecule has 1 aromatic carbocycles. The van der Waals surface area contributed by atoms with Gasteiger partial charge in [0.15, 0.2) is 0 Å². The number of carbonyl (C=O) groups excluding carboxylic acids is 1. The topological polar surface area (TPSA) is 72.3 Å². The maximum absolute atomic E-state index is 14.2. The number of hydrogen-bond donors (Lipinski definition) is 2. The van der Waals surface area contributed by atoms with Crippen LogP contribution in [0.25, 0.3) is 5.70 Å². The number of nitrogens with two attached hydrogens (primary N) is 2. The summed E-state index contributed by atoms with van der Waals surface area (Å²) in [5.41, 5.74) is 4.72. The average molecular weight is 333 g/mol. The van der Waals surface area contributed by atoms with Crippen molar-refractivity contribution in [3.63, 3.8) is 0 Å². The van der Waals surface area contributed by atoms with Crippen LogP contribution in [0, 0.1) is 11.7 Å². The molecule has 0 radical (unpaired) electrons. The van der Waals surface area contributed by atoms with Crippen molar-refractivity contribution in [1.82, 2.24) is 5.01 Å². The first-order chi connectivity index (χ1) is 10.4. The zero-order valence-corrected chi connectivity index (χ0v) is 13.0. The average Bonchev–Trinajstić information content (AvgIpc) is 2.42. The van der Waals surface area contributed by atoms with Gasteiger partial charge in [-0.15, -0.1) is 0 Å². The Bertz CT molecular complexity index is 611. The summed E-state index contributed by atoms with van der Waals surface area (Å²) in [6.07, 6.45) is -3.63. The first kappa shape index (κ1) is 19.0. The van der Waals surface area contributed by atoms with E-state index in [1.165, 1.54) is 12.1 Å². The molecule has 0 aromatic heterocycles. The Morgan fingerprint density at radius 3 is 2.22 bits per heavy atom. The van der Waals surface area contributed by atoms with E-state index in [1.54, 1.807) is 13.8 Å². The van der Waals surface area contributed by atoms with Crippen LogP contribution in [0.3, 0.4) is 0 Å². The lowest BCUT2D eigenvalue weighted by Crippen LogP contribution is -2.36. The summed E-state index contributed by atoms with van der Waals surface area (Å²) in [5, 5.41) is 1.05. The van der Waals surface area contributed by atoms with Crippen LogP contribution in [0.2, 0.25) is 0 Å². The fourth-order valence-corrected chi connectivity index (χ4v) is 1.80. The van der Waals surface area contributed by atoms with Crippen molar-refractivity contribution < 1.29 is 22.4 Å². The lowest BCUT2D eigenvalue weighted by atomic mass is 10.0. The molecule has 0 spiro atoms. The minimum atomic E-state index is -4.48. The number of halogens is 4. The van der Waals surface area contributed by atoms with Gasteiger partial charge in [0.05, 0.1) is 11.6 Å². The second kappa shape index (κ2) is 6.99. The van der Waals surface area contributed by atoms with E-state index in [0.29, 0.717) is 0 Å². The van der Waals surface area contributed by atoms with Crippen molar-refractivity contribution in [2.45, 2.75) is 33.0 Å². The number of benzene rings is 1. The van der Waals surface area contributed by atoms with Crippen LogP contribution in [0.1, 0.15) is 36.7 Å². The van der Waals surface area contributed by atoms with Crippen molar-refractivity contribution >= 4 is 11.6 Å². The number of carbonyl (C=O) groups is 1. The Labute approximate surface area is 131 Å². The summed E-state index contributed by atoms with van der Waals surface area (Å²) in [4.78, 5) is 11.0. The van der Waals surface area contributed by atoms with E-state index >= 15 is 0 Å². The quantitative estimate of drug-likeness (QED) is 0.494. The molecule has 0 saturated heterocycles. The lowest BCUT2D eigenvalue weighted by Gasteiger charge is -2.28. The maximum atomic E-state index is 14.2. The summed E-state index contributed by atoms with van der Waals surface area (Å²) in [6, 6.07) is 2.93. The molecule has 23 heavy (non-hydrogen) atoms. The number of hydrogen-bond acceptors (Lipinski definition) is 3. The third-order valence-electron chi connectivity index (χ3n) is 3.29. The van der Waals surface area contributed by atoms with E-state index in [9.17, 15) is 22.4 Å². The van der Waals surface area contributed by atoms with Crippen molar-refractivity contribution in [1.29, 1.82) is 0 Å². The number of primary amides is 1. The van der Waals surface area contributed by atoms with Crippen LogP contribution in [0.5, 0.6) is 0 Å². The Morgan fingerprint density at radius 2 is 1.83 bits per heavy atom. The molecule has 0 aliphatic carbocycles. The number of nitrogens with zero attached hydrogens (tertiary/aromatic N) is 1. The van der Waals surface area contributed by atoms with Crippen LogP contribution >= 0.6 is 0 Å². The number of amides is 1. The van der Waals surface area contributed by atoms with Gasteiger partial charge in [-0.25, -0.2) is 10.2 Å². The zero-order valence-electron chi connectivity index (χ0n) is 13.0. The van der Waals surface area contributed by atoms with E-state index in [2.05, 4.69) is 0 Å². The van der Waals surface area contributed by atoms with E-state index in [1.807, 2.05) is 0 Å². The Morgan fingerprint density at radius 1 is 1.26 bits per heavy atom. The number of rotatable bonds is 5. The maximum Gasteiger partial charge on any atom is 0.394 e. The Hall–Kier alpha value is -2.09. The molecule has 0 heterocycles. The van der Waals surface area contributed by atoms with Gasteiger partial charge in [-0.1, -0.05) is 6.92 Å². The van der Waals surface area contributed by atoms with Gasteiger partial charge in [-0.2, -0.15) is 13.2 Å². The highest BCUT2D eigenvalue weighted by molar-refractivity contribution is 5.93. The first-order valence-electron chi connectivity index (χ1n) is 6.87. The van der Waals surface area contributed by atoms with Crippen LogP contribution in [-0.2, 0) is 0 Å². The predicted octanol–water partition coefficient (Wildman–Crippen LogP) is 3.05.